The van der Waals surface area contributed by atoms with Gasteiger partial charge in [-0.3, -0.25) is 10.1 Å². The lowest BCUT2D eigenvalue weighted by molar-refractivity contribution is -0.118. The molecule has 0 atom stereocenters. The second-order valence-electron chi connectivity index (χ2n) is 4.45. The zero-order valence-corrected chi connectivity index (χ0v) is 12.1. The van der Waals surface area contributed by atoms with Crippen LogP contribution in [0.1, 0.15) is 0 Å². The van der Waals surface area contributed by atoms with E-state index in [4.69, 9.17) is 4.74 Å². The molecule has 0 aliphatic rings. The number of methoxy groups -OCH3 is 1. The molecule has 2 aromatic carbocycles. The highest BCUT2D eigenvalue weighted by molar-refractivity contribution is 6.02. The molecule has 6 nitrogen and oxygen atoms in total. The Bertz CT molecular complexity index is 627. The van der Waals surface area contributed by atoms with Crippen molar-refractivity contribution in [3.8, 4) is 5.75 Å². The molecule has 22 heavy (non-hydrogen) atoms. The number of benzene rings is 2. The van der Waals surface area contributed by atoms with E-state index in [2.05, 4.69) is 16.0 Å². The highest BCUT2D eigenvalue weighted by atomic mass is 16.5. The topological polar surface area (TPSA) is 79.5 Å². The molecule has 0 bridgehead atoms. The Morgan fingerprint density at radius 3 is 2.27 bits per heavy atom. The first-order valence-corrected chi connectivity index (χ1v) is 6.71. The molecule has 0 fully saturated rings. The maximum atomic E-state index is 11.7. The molecule has 114 valence electrons. The van der Waals surface area contributed by atoms with Gasteiger partial charge in [0, 0.05) is 11.4 Å². The van der Waals surface area contributed by atoms with Gasteiger partial charge in [-0.2, -0.15) is 0 Å². The summed E-state index contributed by atoms with van der Waals surface area (Å²) in [5, 5.41) is 7.73. The van der Waals surface area contributed by atoms with Gasteiger partial charge in [0.2, 0.25) is 5.91 Å². The predicted molar refractivity (Wildman–Crippen MR) is 85.1 cm³/mol. The van der Waals surface area contributed by atoms with Crippen molar-refractivity contribution in [3.63, 3.8) is 0 Å². The molecule has 3 amide bonds. The van der Waals surface area contributed by atoms with Gasteiger partial charge in [0.1, 0.15) is 5.75 Å². The van der Waals surface area contributed by atoms with Crippen LogP contribution >= 0.6 is 0 Å². The standard InChI is InChI=1S/C16H17N3O3/c1-22-14-9-7-13(8-10-14)18-16(21)19-15(20)11-17-12-5-3-2-4-6-12/h2-10,17H,11H2,1H3,(H2,18,19,20,21). The summed E-state index contributed by atoms with van der Waals surface area (Å²) < 4.78 is 5.02. The fraction of sp³-hybridized carbons (Fsp3) is 0.125. The van der Waals surface area contributed by atoms with Gasteiger partial charge < -0.3 is 15.4 Å². The van der Waals surface area contributed by atoms with E-state index in [1.165, 1.54) is 0 Å². The van der Waals surface area contributed by atoms with Gasteiger partial charge in [-0.05, 0) is 36.4 Å². The fourth-order valence-electron chi connectivity index (χ4n) is 1.75. The van der Waals surface area contributed by atoms with Crippen molar-refractivity contribution < 1.29 is 14.3 Å². The number of ether oxygens (including phenoxy) is 1. The minimum absolute atomic E-state index is 0.0139. The lowest BCUT2D eigenvalue weighted by Crippen LogP contribution is -2.37. The number of anilines is 2. The van der Waals surface area contributed by atoms with Crippen molar-refractivity contribution in [1.82, 2.24) is 5.32 Å². The summed E-state index contributed by atoms with van der Waals surface area (Å²) in [6, 6.07) is 15.5. The van der Waals surface area contributed by atoms with Crippen LogP contribution in [0.2, 0.25) is 0 Å². The highest BCUT2D eigenvalue weighted by Gasteiger charge is 2.07. The van der Waals surface area contributed by atoms with Crippen LogP contribution in [-0.4, -0.2) is 25.6 Å². The molecule has 0 aliphatic heterocycles. The van der Waals surface area contributed by atoms with Crippen LogP contribution in [0.25, 0.3) is 0 Å². The molecule has 0 spiro atoms. The molecule has 0 radical (unpaired) electrons. The molecular weight excluding hydrogens is 282 g/mol. The Kier molecular flexibility index (Phi) is 5.37. The minimum Gasteiger partial charge on any atom is -0.497 e. The molecular formula is C16H17N3O3. The van der Waals surface area contributed by atoms with Crippen molar-refractivity contribution in [2.24, 2.45) is 0 Å². The van der Waals surface area contributed by atoms with Crippen LogP contribution in [0, 0.1) is 0 Å². The van der Waals surface area contributed by atoms with Crippen molar-refractivity contribution in [2.45, 2.75) is 0 Å². The Balaban J connectivity index is 1.77. The quantitative estimate of drug-likeness (QED) is 0.792. The number of hydrogen-bond acceptors (Lipinski definition) is 4. The van der Waals surface area contributed by atoms with Crippen LogP contribution in [0.5, 0.6) is 5.75 Å². The van der Waals surface area contributed by atoms with Crippen LogP contribution in [0.15, 0.2) is 54.6 Å². The summed E-state index contributed by atoms with van der Waals surface area (Å²) in [6.07, 6.45) is 0. The molecule has 0 aromatic heterocycles. The molecule has 0 saturated heterocycles. The van der Waals surface area contributed by atoms with Crippen molar-refractivity contribution in [2.75, 3.05) is 24.3 Å². The van der Waals surface area contributed by atoms with E-state index in [0.717, 1.165) is 5.69 Å². The third kappa shape index (κ3) is 4.82. The Morgan fingerprint density at radius 1 is 0.955 bits per heavy atom. The minimum atomic E-state index is -0.579. The average molecular weight is 299 g/mol. The zero-order valence-electron chi connectivity index (χ0n) is 12.1. The van der Waals surface area contributed by atoms with Crippen LogP contribution in [-0.2, 0) is 4.79 Å². The maximum absolute atomic E-state index is 11.7. The Labute approximate surface area is 128 Å². The van der Waals surface area contributed by atoms with Gasteiger partial charge in [0.15, 0.2) is 0 Å². The van der Waals surface area contributed by atoms with Crippen molar-refractivity contribution >= 4 is 23.3 Å². The molecule has 2 rings (SSSR count). The molecule has 3 N–H and O–H groups in total. The third-order valence-corrected chi connectivity index (χ3v) is 2.83. The number of amides is 3. The van der Waals surface area contributed by atoms with Gasteiger partial charge in [-0.1, -0.05) is 18.2 Å². The smallest absolute Gasteiger partial charge is 0.325 e. The van der Waals surface area contributed by atoms with E-state index in [0.29, 0.717) is 11.4 Å². The lowest BCUT2D eigenvalue weighted by Gasteiger charge is -2.08. The first kappa shape index (κ1) is 15.4. The molecule has 0 saturated carbocycles. The summed E-state index contributed by atoms with van der Waals surface area (Å²) in [6.45, 7) is 0.0139. The monoisotopic (exact) mass is 299 g/mol. The third-order valence-electron chi connectivity index (χ3n) is 2.83. The number of imide groups is 1. The van der Waals surface area contributed by atoms with Crippen LogP contribution in [0.3, 0.4) is 0 Å². The average Bonchev–Trinajstić information content (AvgIpc) is 2.54. The van der Waals surface area contributed by atoms with E-state index in [1.807, 2.05) is 30.3 Å². The van der Waals surface area contributed by atoms with Gasteiger partial charge in [0.25, 0.3) is 0 Å². The normalized spacial score (nSPS) is 9.68. The summed E-state index contributed by atoms with van der Waals surface area (Å²) >= 11 is 0. The summed E-state index contributed by atoms with van der Waals surface area (Å²) in [5.74, 6) is 0.268. The lowest BCUT2D eigenvalue weighted by atomic mass is 10.3. The molecule has 0 aliphatic carbocycles. The van der Waals surface area contributed by atoms with E-state index in [9.17, 15) is 9.59 Å². The van der Waals surface area contributed by atoms with E-state index in [-0.39, 0.29) is 6.54 Å². The van der Waals surface area contributed by atoms with Gasteiger partial charge >= 0.3 is 6.03 Å². The van der Waals surface area contributed by atoms with Gasteiger partial charge in [-0.15, -0.1) is 0 Å². The Morgan fingerprint density at radius 2 is 1.64 bits per heavy atom. The van der Waals surface area contributed by atoms with E-state index < -0.39 is 11.9 Å². The molecule has 0 heterocycles. The number of carbonyl (C=O) groups excluding carboxylic acids is 2. The van der Waals surface area contributed by atoms with Crippen LogP contribution < -0.4 is 20.7 Å². The number of hydrogen-bond donors (Lipinski definition) is 3. The number of nitrogens with one attached hydrogen (secondary N) is 3. The molecule has 2 aromatic rings. The number of rotatable bonds is 5. The molecule has 6 heteroatoms. The second kappa shape index (κ2) is 7.68. The van der Waals surface area contributed by atoms with Crippen molar-refractivity contribution in [1.29, 1.82) is 0 Å². The second-order valence-corrected chi connectivity index (χ2v) is 4.45. The fourth-order valence-corrected chi connectivity index (χ4v) is 1.75. The number of para-hydroxylation sites is 1. The van der Waals surface area contributed by atoms with Crippen LogP contribution in [0.4, 0.5) is 16.2 Å². The number of urea groups is 1. The summed E-state index contributed by atoms with van der Waals surface area (Å²) in [5.41, 5.74) is 1.38. The highest BCUT2D eigenvalue weighted by Crippen LogP contribution is 2.14. The SMILES string of the molecule is COc1ccc(NC(=O)NC(=O)CNc2ccccc2)cc1. The largest absolute Gasteiger partial charge is 0.497 e. The van der Waals surface area contributed by atoms with Crippen molar-refractivity contribution in [3.05, 3.63) is 54.6 Å². The molecule has 0 unspecified atom stereocenters. The first-order valence-electron chi connectivity index (χ1n) is 6.71. The Hall–Kier alpha value is -3.02. The first-order chi connectivity index (χ1) is 10.7. The van der Waals surface area contributed by atoms with E-state index in [1.54, 1.807) is 31.4 Å². The predicted octanol–water partition coefficient (Wildman–Crippen LogP) is 2.46. The summed E-state index contributed by atoms with van der Waals surface area (Å²) in [7, 11) is 1.56. The number of carbonyl (C=O) groups is 2. The summed E-state index contributed by atoms with van der Waals surface area (Å²) in [4.78, 5) is 23.3. The van der Waals surface area contributed by atoms with E-state index >= 15 is 0 Å². The maximum Gasteiger partial charge on any atom is 0.325 e. The van der Waals surface area contributed by atoms with Gasteiger partial charge in [0.05, 0.1) is 13.7 Å². The van der Waals surface area contributed by atoms with Gasteiger partial charge in [-0.25, -0.2) is 4.79 Å². The zero-order chi connectivity index (χ0) is 15.8.